The normalized spacial score (nSPS) is 20.6. The first-order valence-electron chi connectivity index (χ1n) is 10.2. The van der Waals surface area contributed by atoms with E-state index in [-0.39, 0.29) is 36.8 Å². The number of hydrogen-bond acceptors (Lipinski definition) is 6. The maximum absolute atomic E-state index is 12.3. The zero-order chi connectivity index (χ0) is 22.8. The smallest absolute Gasteiger partial charge is 0.352 e. The molecule has 3 heterocycles. The number of ether oxygens (including phenoxy) is 1. The molecule has 9 heteroatoms. The second kappa shape index (κ2) is 8.89. The zero-order valence-corrected chi connectivity index (χ0v) is 17.4. The Morgan fingerprint density at radius 1 is 1.28 bits per heavy atom. The summed E-state index contributed by atoms with van der Waals surface area (Å²) in [6.45, 7) is 1.64. The third kappa shape index (κ3) is 4.12. The Kier molecular flexibility index (Phi) is 6.02. The van der Waals surface area contributed by atoms with Crippen LogP contribution in [0.2, 0.25) is 0 Å². The van der Waals surface area contributed by atoms with E-state index in [0.29, 0.717) is 23.2 Å². The molecule has 1 fully saturated rings. The van der Waals surface area contributed by atoms with Gasteiger partial charge in [0.15, 0.2) is 0 Å². The minimum absolute atomic E-state index is 0.0204. The number of pyridine rings is 1. The number of carbonyl (C=O) groups excluding carboxylic acids is 2. The highest BCUT2D eigenvalue weighted by molar-refractivity contribution is 6.06. The van der Waals surface area contributed by atoms with Crippen LogP contribution >= 0.6 is 0 Å². The van der Waals surface area contributed by atoms with Gasteiger partial charge in [-0.3, -0.25) is 14.6 Å². The number of nitrogens with zero attached hydrogens (tertiary/aromatic N) is 2. The maximum Gasteiger partial charge on any atom is 0.352 e. The van der Waals surface area contributed by atoms with Gasteiger partial charge in [-0.25, -0.2) is 4.79 Å². The third-order valence-corrected chi connectivity index (χ3v) is 5.68. The summed E-state index contributed by atoms with van der Waals surface area (Å²) in [6, 6.07) is 10.3. The molecule has 0 spiro atoms. The van der Waals surface area contributed by atoms with E-state index in [0.717, 1.165) is 5.56 Å². The van der Waals surface area contributed by atoms with Crippen LogP contribution in [0.1, 0.15) is 24.5 Å². The van der Waals surface area contributed by atoms with Gasteiger partial charge >= 0.3 is 5.97 Å². The highest BCUT2D eigenvalue weighted by atomic mass is 16.5. The monoisotopic (exact) mass is 437 g/mol. The molecule has 9 nitrogen and oxygen atoms in total. The number of aliphatic carboxylic acids is 1. The van der Waals surface area contributed by atoms with E-state index in [1.54, 1.807) is 55.7 Å². The lowest BCUT2D eigenvalue weighted by molar-refractivity contribution is -0.161. The van der Waals surface area contributed by atoms with E-state index in [9.17, 15) is 24.6 Å². The molecule has 2 amide bonds. The van der Waals surface area contributed by atoms with Crippen molar-refractivity contribution in [2.75, 3.05) is 11.9 Å². The van der Waals surface area contributed by atoms with Gasteiger partial charge in [-0.2, -0.15) is 0 Å². The first-order valence-corrected chi connectivity index (χ1v) is 10.2. The van der Waals surface area contributed by atoms with Crippen molar-refractivity contribution in [1.82, 2.24) is 9.88 Å². The van der Waals surface area contributed by atoms with Crippen molar-refractivity contribution in [3.63, 3.8) is 0 Å². The lowest BCUT2D eigenvalue weighted by Gasteiger charge is -2.44. The molecule has 1 aromatic carbocycles. The van der Waals surface area contributed by atoms with Crippen molar-refractivity contribution in [1.29, 1.82) is 0 Å². The molecule has 2 aliphatic heterocycles. The average Bonchev–Trinajstić information content (AvgIpc) is 3.10. The van der Waals surface area contributed by atoms with E-state index in [4.69, 9.17) is 4.74 Å². The summed E-state index contributed by atoms with van der Waals surface area (Å²) in [5.74, 6) is -2.38. The van der Waals surface area contributed by atoms with Crippen LogP contribution in [0.25, 0.3) is 5.57 Å². The SMILES string of the molecule is C[C@@H](O)[C@H]1C(=O)N2C(C(=O)O)=C(c3ccc(COCC(=O)Nc4cccnc4)cc3)C[C@H]12. The fourth-order valence-corrected chi connectivity index (χ4v) is 4.22. The molecule has 1 saturated heterocycles. The molecule has 0 saturated carbocycles. The van der Waals surface area contributed by atoms with Gasteiger partial charge in [0.1, 0.15) is 12.3 Å². The quantitative estimate of drug-likeness (QED) is 0.536. The molecule has 166 valence electrons. The number of carbonyl (C=O) groups is 3. The van der Waals surface area contributed by atoms with Crippen LogP contribution in [0.5, 0.6) is 0 Å². The molecule has 32 heavy (non-hydrogen) atoms. The van der Waals surface area contributed by atoms with Crippen LogP contribution in [0.4, 0.5) is 5.69 Å². The van der Waals surface area contributed by atoms with Crippen molar-refractivity contribution in [3.05, 3.63) is 65.6 Å². The highest BCUT2D eigenvalue weighted by Crippen LogP contribution is 2.46. The van der Waals surface area contributed by atoms with Gasteiger partial charge in [-0.1, -0.05) is 24.3 Å². The third-order valence-electron chi connectivity index (χ3n) is 5.68. The number of nitrogens with one attached hydrogen (secondary N) is 1. The summed E-state index contributed by atoms with van der Waals surface area (Å²) in [4.78, 5) is 41.3. The average molecular weight is 437 g/mol. The van der Waals surface area contributed by atoms with Gasteiger partial charge in [0.25, 0.3) is 0 Å². The van der Waals surface area contributed by atoms with E-state index in [1.807, 2.05) is 0 Å². The van der Waals surface area contributed by atoms with Crippen LogP contribution in [0.3, 0.4) is 0 Å². The lowest BCUT2D eigenvalue weighted by atomic mass is 9.82. The zero-order valence-electron chi connectivity index (χ0n) is 17.4. The summed E-state index contributed by atoms with van der Waals surface area (Å²) >= 11 is 0. The van der Waals surface area contributed by atoms with Crippen LogP contribution in [0, 0.1) is 5.92 Å². The van der Waals surface area contributed by atoms with Gasteiger partial charge < -0.3 is 25.2 Å². The first-order chi connectivity index (χ1) is 15.4. The standard InChI is InChI=1S/C23H23N3O6/c1-13(27)20-18-9-17(21(23(30)31)26(18)22(20)29)15-6-4-14(5-7-15)11-32-12-19(28)25-16-3-2-8-24-10-16/h2-8,10,13,18,20,27H,9,11-12H2,1H3,(H,25,28)(H,30,31)/t13-,18-,20-/m1/s1. The Morgan fingerprint density at radius 3 is 2.66 bits per heavy atom. The number of benzene rings is 1. The number of fused-ring (bicyclic) bond motifs is 1. The molecule has 2 aromatic rings. The topological polar surface area (TPSA) is 129 Å². The minimum atomic E-state index is -1.16. The molecule has 2 aliphatic rings. The number of anilines is 1. The largest absolute Gasteiger partial charge is 0.477 e. The number of aromatic nitrogens is 1. The van der Waals surface area contributed by atoms with Gasteiger partial charge in [0.2, 0.25) is 11.8 Å². The van der Waals surface area contributed by atoms with Crippen LogP contribution in [-0.2, 0) is 25.7 Å². The van der Waals surface area contributed by atoms with Gasteiger partial charge in [-0.15, -0.1) is 0 Å². The predicted molar refractivity (Wildman–Crippen MR) is 114 cm³/mol. The molecule has 1 aromatic heterocycles. The minimum Gasteiger partial charge on any atom is -0.477 e. The summed E-state index contributed by atoms with van der Waals surface area (Å²) in [5, 5.41) is 22.2. The number of hydrogen-bond donors (Lipinski definition) is 3. The van der Waals surface area contributed by atoms with Crippen LogP contribution in [0.15, 0.2) is 54.5 Å². The Morgan fingerprint density at radius 2 is 2.03 bits per heavy atom. The van der Waals surface area contributed by atoms with Crippen molar-refractivity contribution in [2.24, 2.45) is 5.92 Å². The second-order valence-electron chi connectivity index (χ2n) is 7.86. The molecular formula is C23H23N3O6. The Bertz CT molecular complexity index is 1060. The summed E-state index contributed by atoms with van der Waals surface area (Å²) in [5.41, 5.74) is 2.66. The summed E-state index contributed by atoms with van der Waals surface area (Å²) < 4.78 is 5.46. The van der Waals surface area contributed by atoms with Gasteiger partial charge in [0, 0.05) is 6.20 Å². The number of aliphatic hydroxyl groups is 1. The fraction of sp³-hybridized carbons (Fsp3) is 0.304. The van der Waals surface area contributed by atoms with E-state index in [1.165, 1.54) is 4.90 Å². The number of carboxylic acids is 1. The molecule has 0 aliphatic carbocycles. The molecule has 0 bridgehead atoms. The fourth-order valence-electron chi connectivity index (χ4n) is 4.22. The highest BCUT2D eigenvalue weighted by Gasteiger charge is 2.56. The van der Waals surface area contributed by atoms with Crippen LogP contribution in [-0.4, -0.2) is 56.6 Å². The molecule has 3 N–H and O–H groups in total. The number of aliphatic hydroxyl groups excluding tert-OH is 1. The van der Waals surface area contributed by atoms with E-state index < -0.39 is 18.0 Å². The number of amides is 2. The number of rotatable bonds is 8. The van der Waals surface area contributed by atoms with Gasteiger partial charge in [0.05, 0.1) is 36.6 Å². The Hall–Kier alpha value is -3.56. The second-order valence-corrected chi connectivity index (χ2v) is 7.86. The van der Waals surface area contributed by atoms with Crippen LogP contribution < -0.4 is 5.32 Å². The Labute approximate surface area is 184 Å². The molecule has 0 unspecified atom stereocenters. The first kappa shape index (κ1) is 21.7. The van der Waals surface area contributed by atoms with E-state index in [2.05, 4.69) is 10.3 Å². The number of carboxylic acid groups (broad SMARTS) is 1. The molecule has 3 atom stereocenters. The van der Waals surface area contributed by atoms with E-state index >= 15 is 0 Å². The van der Waals surface area contributed by atoms with Crippen molar-refractivity contribution in [2.45, 2.75) is 32.1 Å². The predicted octanol–water partition coefficient (Wildman–Crippen LogP) is 1.64. The molecule has 4 rings (SSSR count). The van der Waals surface area contributed by atoms with Crippen molar-refractivity contribution < 1.29 is 29.3 Å². The van der Waals surface area contributed by atoms with Gasteiger partial charge in [-0.05, 0) is 42.2 Å². The van der Waals surface area contributed by atoms with Crippen molar-refractivity contribution >= 4 is 29.0 Å². The maximum atomic E-state index is 12.3. The summed E-state index contributed by atoms with van der Waals surface area (Å²) in [6.07, 6.45) is 2.71. The lowest BCUT2D eigenvalue weighted by Crippen LogP contribution is -2.61. The number of β-lactam (4-membered cyclic amide) rings is 1. The summed E-state index contributed by atoms with van der Waals surface area (Å²) in [7, 11) is 0. The molecular weight excluding hydrogens is 414 g/mol. The van der Waals surface area contributed by atoms with Crippen molar-refractivity contribution in [3.8, 4) is 0 Å². The Balaban J connectivity index is 1.38. The molecule has 0 radical (unpaired) electrons.